The van der Waals surface area contributed by atoms with Crippen LogP contribution in [-0.4, -0.2) is 34.3 Å². The lowest BCUT2D eigenvalue weighted by molar-refractivity contribution is -0.0324. The maximum absolute atomic E-state index is 13.1. The van der Waals surface area contributed by atoms with Gasteiger partial charge in [0.05, 0.1) is 6.04 Å². The Kier molecular flexibility index (Phi) is 4.02. The maximum atomic E-state index is 13.1. The molecule has 1 aliphatic carbocycles. The second-order valence-corrected chi connectivity index (χ2v) is 7.94. The summed E-state index contributed by atoms with van der Waals surface area (Å²) in [6, 6.07) is 11.2. The van der Waals surface area contributed by atoms with Crippen molar-refractivity contribution in [2.45, 2.75) is 38.8 Å². The molecule has 4 rings (SSSR count). The summed E-state index contributed by atoms with van der Waals surface area (Å²) in [5.41, 5.74) is 2.14. The topological polar surface area (TPSA) is 62.3 Å². The lowest BCUT2D eigenvalue weighted by Crippen LogP contribution is -2.57. The van der Waals surface area contributed by atoms with Gasteiger partial charge in [-0.1, -0.05) is 26.0 Å². The Morgan fingerprint density at radius 3 is 2.58 bits per heavy atom. The van der Waals surface area contributed by atoms with Crippen LogP contribution < -0.4 is 5.32 Å². The molecule has 26 heavy (non-hydrogen) atoms. The zero-order valence-corrected chi connectivity index (χ0v) is 15.1. The highest BCUT2D eigenvalue weighted by Gasteiger charge is 2.49. The molecule has 1 aliphatic heterocycles. The Labute approximate surface area is 153 Å². The van der Waals surface area contributed by atoms with Gasteiger partial charge in [-0.05, 0) is 42.7 Å². The Hall–Kier alpha value is -2.69. The molecule has 0 bridgehead atoms. The van der Waals surface area contributed by atoms with Crippen LogP contribution in [0, 0.1) is 5.41 Å². The van der Waals surface area contributed by atoms with Gasteiger partial charge in [-0.2, -0.15) is 0 Å². The molecular formula is C21H23N3O2. The lowest BCUT2D eigenvalue weighted by atomic mass is 9.71. The molecule has 1 saturated heterocycles. The van der Waals surface area contributed by atoms with E-state index in [2.05, 4.69) is 24.1 Å². The summed E-state index contributed by atoms with van der Waals surface area (Å²) in [6.45, 7) is 5.01. The van der Waals surface area contributed by atoms with E-state index in [0.717, 1.165) is 18.4 Å². The first-order valence-electron chi connectivity index (χ1n) is 9.07. The quantitative estimate of drug-likeness (QED) is 0.922. The number of hydrogen-bond acceptors (Lipinski definition) is 3. The molecule has 5 heteroatoms. The van der Waals surface area contributed by atoms with Gasteiger partial charge in [-0.25, -0.2) is 0 Å². The molecule has 0 spiro atoms. The van der Waals surface area contributed by atoms with Gasteiger partial charge in [0.25, 0.3) is 11.8 Å². The summed E-state index contributed by atoms with van der Waals surface area (Å²) in [4.78, 5) is 31.4. The molecule has 1 unspecified atom stereocenters. The third-order valence-electron chi connectivity index (χ3n) is 5.18. The van der Waals surface area contributed by atoms with Gasteiger partial charge < -0.3 is 10.2 Å². The molecule has 5 nitrogen and oxygen atoms in total. The first kappa shape index (κ1) is 16.8. The molecule has 1 saturated carbocycles. The van der Waals surface area contributed by atoms with Crippen molar-refractivity contribution in [2.75, 3.05) is 6.54 Å². The van der Waals surface area contributed by atoms with Crippen LogP contribution >= 0.6 is 0 Å². The van der Waals surface area contributed by atoms with Gasteiger partial charge in [0, 0.05) is 41.5 Å². The van der Waals surface area contributed by atoms with Crippen molar-refractivity contribution in [2.24, 2.45) is 5.41 Å². The van der Waals surface area contributed by atoms with Crippen molar-refractivity contribution in [3.8, 4) is 0 Å². The summed E-state index contributed by atoms with van der Waals surface area (Å²) < 4.78 is 0. The molecule has 0 radical (unpaired) electrons. The molecule has 2 heterocycles. The molecule has 1 aromatic carbocycles. The van der Waals surface area contributed by atoms with Gasteiger partial charge in [0.2, 0.25) is 0 Å². The predicted octanol–water partition coefficient (Wildman–Crippen LogP) is 3.20. The van der Waals surface area contributed by atoms with Crippen LogP contribution in [0.5, 0.6) is 0 Å². The third-order valence-corrected chi connectivity index (χ3v) is 5.18. The van der Waals surface area contributed by atoms with Crippen LogP contribution in [0.15, 0.2) is 48.8 Å². The van der Waals surface area contributed by atoms with E-state index in [1.54, 1.807) is 30.5 Å². The van der Waals surface area contributed by atoms with Crippen molar-refractivity contribution in [3.05, 3.63) is 65.5 Å². The van der Waals surface area contributed by atoms with Gasteiger partial charge >= 0.3 is 0 Å². The molecule has 134 valence electrons. The molecule has 2 amide bonds. The first-order valence-corrected chi connectivity index (χ1v) is 9.07. The molecule has 2 aliphatic rings. The molecule has 2 aromatic rings. The average Bonchev–Trinajstić information content (AvgIpc) is 3.44. The minimum absolute atomic E-state index is 0.000345. The molecule has 1 aromatic heterocycles. The van der Waals surface area contributed by atoms with Crippen LogP contribution in [-0.2, 0) is 0 Å². The second kappa shape index (κ2) is 6.24. The fourth-order valence-corrected chi connectivity index (χ4v) is 3.74. The Morgan fingerprint density at radius 2 is 1.92 bits per heavy atom. The third kappa shape index (κ3) is 3.09. The van der Waals surface area contributed by atoms with Crippen molar-refractivity contribution in [1.82, 2.24) is 15.2 Å². The fraction of sp³-hybridized carbons (Fsp3) is 0.381. The number of amides is 2. The van der Waals surface area contributed by atoms with Crippen molar-refractivity contribution in [3.63, 3.8) is 0 Å². The van der Waals surface area contributed by atoms with Gasteiger partial charge in [0.15, 0.2) is 0 Å². The van der Waals surface area contributed by atoms with E-state index in [1.165, 1.54) is 0 Å². The number of likely N-dealkylation sites (tertiary alicyclic amines) is 1. The number of aromatic nitrogens is 1. The van der Waals surface area contributed by atoms with Crippen LogP contribution in [0.25, 0.3) is 0 Å². The zero-order valence-electron chi connectivity index (χ0n) is 15.1. The van der Waals surface area contributed by atoms with Crippen LogP contribution in [0.3, 0.4) is 0 Å². The largest absolute Gasteiger partial charge is 0.349 e. The summed E-state index contributed by atoms with van der Waals surface area (Å²) in [6.07, 6.45) is 5.65. The fourth-order valence-electron chi connectivity index (χ4n) is 3.74. The Balaban J connectivity index is 1.56. The second-order valence-electron chi connectivity index (χ2n) is 7.94. The number of pyridine rings is 1. The van der Waals surface area contributed by atoms with Gasteiger partial charge in [-0.15, -0.1) is 0 Å². The minimum Gasteiger partial charge on any atom is -0.349 e. The summed E-state index contributed by atoms with van der Waals surface area (Å²) in [7, 11) is 0. The van der Waals surface area contributed by atoms with Crippen molar-refractivity contribution >= 4 is 11.8 Å². The van der Waals surface area contributed by atoms with E-state index in [9.17, 15) is 9.59 Å². The maximum Gasteiger partial charge on any atom is 0.254 e. The SMILES string of the molecule is CC1(C)CN(C(=O)c2cccc(C(=O)NC3CC3)c2)C1c1cccnc1. The number of nitrogens with zero attached hydrogens (tertiary/aromatic N) is 2. The predicted molar refractivity (Wildman–Crippen MR) is 98.7 cm³/mol. The summed E-state index contributed by atoms with van der Waals surface area (Å²) in [5.74, 6) is -0.144. The zero-order chi connectivity index (χ0) is 18.3. The lowest BCUT2D eigenvalue weighted by Gasteiger charge is -2.54. The summed E-state index contributed by atoms with van der Waals surface area (Å²) >= 11 is 0. The number of rotatable bonds is 4. The van der Waals surface area contributed by atoms with Gasteiger partial charge in [-0.3, -0.25) is 14.6 Å². The molecule has 1 N–H and O–H groups in total. The highest BCUT2D eigenvalue weighted by molar-refractivity contribution is 6.00. The highest BCUT2D eigenvalue weighted by Crippen LogP contribution is 2.48. The number of nitrogens with one attached hydrogen (secondary N) is 1. The molecular weight excluding hydrogens is 326 g/mol. The van der Waals surface area contributed by atoms with Crippen molar-refractivity contribution in [1.29, 1.82) is 0 Å². The van der Waals surface area contributed by atoms with E-state index in [4.69, 9.17) is 0 Å². The van der Waals surface area contributed by atoms with E-state index < -0.39 is 0 Å². The van der Waals surface area contributed by atoms with Crippen LogP contribution in [0.2, 0.25) is 0 Å². The first-order chi connectivity index (χ1) is 12.5. The minimum atomic E-state index is -0.102. The number of benzene rings is 1. The molecule has 1 atom stereocenters. The molecule has 2 fully saturated rings. The highest BCUT2D eigenvalue weighted by atomic mass is 16.2. The number of carbonyl (C=O) groups is 2. The van der Waals surface area contributed by atoms with Gasteiger partial charge in [0.1, 0.15) is 0 Å². The Morgan fingerprint density at radius 1 is 1.15 bits per heavy atom. The normalized spacial score (nSPS) is 21.0. The monoisotopic (exact) mass is 349 g/mol. The smallest absolute Gasteiger partial charge is 0.254 e. The van der Waals surface area contributed by atoms with E-state index >= 15 is 0 Å². The van der Waals surface area contributed by atoms with E-state index in [-0.39, 0.29) is 23.3 Å². The van der Waals surface area contributed by atoms with Crippen molar-refractivity contribution < 1.29 is 9.59 Å². The number of hydrogen-bond donors (Lipinski definition) is 1. The Bertz CT molecular complexity index is 843. The number of carbonyl (C=O) groups excluding carboxylic acids is 2. The van der Waals surface area contributed by atoms with E-state index in [0.29, 0.717) is 23.7 Å². The van der Waals surface area contributed by atoms with Crippen LogP contribution in [0.4, 0.5) is 0 Å². The van der Waals surface area contributed by atoms with E-state index in [1.807, 2.05) is 23.2 Å². The standard InChI is InChI=1S/C21H23N3O2/c1-21(2)13-24(18(21)16-7-4-10-22-12-16)20(26)15-6-3-5-14(11-15)19(25)23-17-8-9-17/h3-7,10-12,17-18H,8-9,13H2,1-2H3,(H,23,25). The summed E-state index contributed by atoms with van der Waals surface area (Å²) in [5, 5.41) is 2.97. The van der Waals surface area contributed by atoms with Crippen LogP contribution in [0.1, 0.15) is 59.0 Å². The average molecular weight is 349 g/mol.